The van der Waals surface area contributed by atoms with Gasteiger partial charge in [0, 0.05) is 25.7 Å². The first-order valence-corrected chi connectivity index (χ1v) is 7.64. The van der Waals surface area contributed by atoms with Gasteiger partial charge < -0.3 is 15.2 Å². The van der Waals surface area contributed by atoms with Crippen LogP contribution in [0.3, 0.4) is 0 Å². The minimum absolute atomic E-state index is 0.281. The van der Waals surface area contributed by atoms with Crippen molar-refractivity contribution in [3.8, 4) is 0 Å². The van der Waals surface area contributed by atoms with Crippen LogP contribution < -0.4 is 5.73 Å². The highest BCUT2D eigenvalue weighted by Gasteiger charge is 2.45. The third-order valence-corrected chi connectivity index (χ3v) is 4.55. The summed E-state index contributed by atoms with van der Waals surface area (Å²) in [6.45, 7) is 6.02. The zero-order valence-corrected chi connectivity index (χ0v) is 13.4. The van der Waals surface area contributed by atoms with E-state index >= 15 is 0 Å². The van der Waals surface area contributed by atoms with E-state index in [1.54, 1.807) is 7.11 Å². The van der Waals surface area contributed by atoms with Crippen LogP contribution in [0.15, 0.2) is 0 Å². The normalized spacial score (nSPS) is 26.4. The molecule has 2 N–H and O–H groups in total. The Morgan fingerprint density at radius 1 is 1.40 bits per heavy atom. The molecule has 1 fully saturated rings. The first kappa shape index (κ1) is 17.4. The summed E-state index contributed by atoms with van der Waals surface area (Å²) in [5, 5.41) is 0. The third-order valence-electron chi connectivity index (χ3n) is 4.55. The topological polar surface area (TPSA) is 64.8 Å². The maximum Gasteiger partial charge on any atom is 0.325 e. The smallest absolute Gasteiger partial charge is 0.325 e. The van der Waals surface area contributed by atoms with Gasteiger partial charge in [-0.2, -0.15) is 0 Å². The second-order valence-electron chi connectivity index (χ2n) is 5.75. The number of carbonyl (C=O) groups excluding carboxylic acids is 1. The van der Waals surface area contributed by atoms with Crippen molar-refractivity contribution < 1.29 is 14.3 Å². The molecule has 1 aliphatic carbocycles. The Morgan fingerprint density at radius 3 is 2.55 bits per heavy atom. The van der Waals surface area contributed by atoms with Crippen molar-refractivity contribution in [2.45, 2.75) is 63.6 Å². The van der Waals surface area contributed by atoms with Gasteiger partial charge in [-0.1, -0.05) is 13.8 Å². The van der Waals surface area contributed by atoms with Crippen LogP contribution in [0.2, 0.25) is 0 Å². The van der Waals surface area contributed by atoms with E-state index in [1.165, 1.54) is 7.11 Å². The van der Waals surface area contributed by atoms with E-state index in [2.05, 4.69) is 18.7 Å². The Balaban J connectivity index is 2.75. The number of ether oxygens (including phenoxy) is 2. The van der Waals surface area contributed by atoms with Gasteiger partial charge in [-0.15, -0.1) is 0 Å². The molecule has 0 aromatic carbocycles. The molecule has 0 radical (unpaired) electrons. The molecular formula is C15H30N2O3. The van der Waals surface area contributed by atoms with Crippen LogP contribution in [0.5, 0.6) is 0 Å². The molecule has 118 valence electrons. The molecule has 1 rings (SSSR count). The summed E-state index contributed by atoms with van der Waals surface area (Å²) in [5.74, 6) is -0.281. The van der Waals surface area contributed by atoms with Crippen LogP contribution in [0, 0.1) is 0 Å². The van der Waals surface area contributed by atoms with Gasteiger partial charge in [0.2, 0.25) is 0 Å². The van der Waals surface area contributed by atoms with Crippen LogP contribution in [0.1, 0.15) is 46.0 Å². The van der Waals surface area contributed by atoms with Gasteiger partial charge in [-0.25, -0.2) is 0 Å². The lowest BCUT2D eigenvalue weighted by molar-refractivity contribution is -0.147. The van der Waals surface area contributed by atoms with Gasteiger partial charge in [0.15, 0.2) is 0 Å². The number of carbonyl (C=O) groups is 1. The van der Waals surface area contributed by atoms with Gasteiger partial charge >= 0.3 is 5.97 Å². The Kier molecular flexibility index (Phi) is 6.92. The van der Waals surface area contributed by atoms with Crippen LogP contribution in [-0.2, 0) is 14.3 Å². The molecule has 5 nitrogen and oxygen atoms in total. The highest BCUT2D eigenvalue weighted by atomic mass is 16.5. The summed E-state index contributed by atoms with van der Waals surface area (Å²) in [6.07, 6.45) is 4.54. The molecule has 20 heavy (non-hydrogen) atoms. The molecule has 0 spiro atoms. The van der Waals surface area contributed by atoms with E-state index in [4.69, 9.17) is 15.2 Å². The molecule has 0 saturated heterocycles. The summed E-state index contributed by atoms with van der Waals surface area (Å²) in [7, 11) is 3.13. The first-order chi connectivity index (χ1) is 9.52. The van der Waals surface area contributed by atoms with E-state index < -0.39 is 5.54 Å². The van der Waals surface area contributed by atoms with Crippen molar-refractivity contribution in [1.82, 2.24) is 4.90 Å². The lowest BCUT2D eigenvalue weighted by atomic mass is 9.98. The summed E-state index contributed by atoms with van der Waals surface area (Å²) in [6, 6.07) is 0.870. The van der Waals surface area contributed by atoms with Gasteiger partial charge in [-0.05, 0) is 32.1 Å². The van der Waals surface area contributed by atoms with E-state index in [1.807, 2.05) is 0 Å². The zero-order valence-electron chi connectivity index (χ0n) is 13.4. The Labute approximate surface area is 122 Å². The van der Waals surface area contributed by atoms with E-state index in [-0.39, 0.29) is 5.97 Å². The molecule has 5 heteroatoms. The molecule has 0 bridgehead atoms. The van der Waals surface area contributed by atoms with Crippen LogP contribution in [0.4, 0.5) is 0 Å². The van der Waals surface area contributed by atoms with Crippen molar-refractivity contribution in [1.29, 1.82) is 0 Å². The van der Waals surface area contributed by atoms with Crippen LogP contribution in [-0.4, -0.2) is 55.9 Å². The van der Waals surface area contributed by atoms with E-state index in [0.29, 0.717) is 31.5 Å². The summed E-state index contributed by atoms with van der Waals surface area (Å²) < 4.78 is 10.1. The number of hydrogen-bond acceptors (Lipinski definition) is 5. The number of nitrogens with zero attached hydrogens (tertiary/aromatic N) is 1. The molecule has 2 atom stereocenters. The SMILES string of the molecule is CCC(CC)N(CCOC)C1CCC(N)(C(=O)OC)C1. The van der Waals surface area contributed by atoms with E-state index in [0.717, 1.165) is 25.8 Å². The number of hydrogen-bond donors (Lipinski definition) is 1. The number of methoxy groups -OCH3 is 2. The van der Waals surface area contributed by atoms with Crippen molar-refractivity contribution in [2.75, 3.05) is 27.4 Å². The molecule has 1 aliphatic rings. The minimum Gasteiger partial charge on any atom is -0.468 e. The molecule has 0 amide bonds. The van der Waals surface area contributed by atoms with Crippen molar-refractivity contribution in [3.05, 3.63) is 0 Å². The lowest BCUT2D eigenvalue weighted by Crippen LogP contribution is -2.50. The fraction of sp³-hybridized carbons (Fsp3) is 0.933. The highest BCUT2D eigenvalue weighted by molar-refractivity contribution is 5.81. The first-order valence-electron chi connectivity index (χ1n) is 7.64. The fourth-order valence-electron chi connectivity index (χ4n) is 3.34. The summed E-state index contributed by atoms with van der Waals surface area (Å²) >= 11 is 0. The average Bonchev–Trinajstić information content (AvgIpc) is 2.86. The second kappa shape index (κ2) is 7.96. The molecule has 1 saturated carbocycles. The summed E-state index contributed by atoms with van der Waals surface area (Å²) in [4.78, 5) is 14.3. The van der Waals surface area contributed by atoms with Gasteiger partial charge in [0.25, 0.3) is 0 Å². The molecule has 0 heterocycles. The number of nitrogens with two attached hydrogens (primary N) is 1. The second-order valence-corrected chi connectivity index (χ2v) is 5.75. The minimum atomic E-state index is -0.809. The quantitative estimate of drug-likeness (QED) is 0.686. The van der Waals surface area contributed by atoms with Gasteiger partial charge in [0.05, 0.1) is 13.7 Å². The standard InChI is InChI=1S/C15H30N2O3/c1-5-12(6-2)17(9-10-19-3)13-7-8-15(16,11-13)14(18)20-4/h12-13H,5-11,16H2,1-4H3. The van der Waals surface area contributed by atoms with Crippen LogP contribution >= 0.6 is 0 Å². The van der Waals surface area contributed by atoms with Crippen molar-refractivity contribution in [2.24, 2.45) is 5.73 Å². The zero-order chi connectivity index (χ0) is 15.2. The molecule has 2 unspecified atom stereocenters. The molecule has 0 aromatic heterocycles. The maximum absolute atomic E-state index is 11.8. The van der Waals surface area contributed by atoms with E-state index in [9.17, 15) is 4.79 Å². The largest absolute Gasteiger partial charge is 0.468 e. The van der Waals surface area contributed by atoms with Gasteiger partial charge in [-0.3, -0.25) is 9.69 Å². The Bertz CT molecular complexity index is 307. The van der Waals surface area contributed by atoms with Crippen molar-refractivity contribution in [3.63, 3.8) is 0 Å². The molecular weight excluding hydrogens is 256 g/mol. The molecule has 0 aromatic rings. The molecule has 0 aliphatic heterocycles. The van der Waals surface area contributed by atoms with Gasteiger partial charge in [0.1, 0.15) is 5.54 Å². The Morgan fingerprint density at radius 2 is 2.05 bits per heavy atom. The summed E-state index contributed by atoms with van der Waals surface area (Å²) in [5.41, 5.74) is 5.41. The number of rotatable bonds is 8. The maximum atomic E-state index is 11.8. The number of esters is 1. The van der Waals surface area contributed by atoms with Crippen molar-refractivity contribution >= 4 is 5.97 Å². The predicted molar refractivity (Wildman–Crippen MR) is 79.5 cm³/mol. The monoisotopic (exact) mass is 286 g/mol. The van der Waals surface area contributed by atoms with Crippen LogP contribution in [0.25, 0.3) is 0 Å². The lowest BCUT2D eigenvalue weighted by Gasteiger charge is -2.36. The fourth-order valence-corrected chi connectivity index (χ4v) is 3.34. The average molecular weight is 286 g/mol. The predicted octanol–water partition coefficient (Wildman–Crippen LogP) is 1.55. The Hall–Kier alpha value is -0.650. The highest BCUT2D eigenvalue weighted by Crippen LogP contribution is 2.33. The third kappa shape index (κ3) is 3.93.